The van der Waals surface area contributed by atoms with Gasteiger partial charge in [0.25, 0.3) is 0 Å². The largest absolute Gasteiger partial charge is 0.439 e. The first-order valence-electron chi connectivity index (χ1n) is 14.4. The van der Waals surface area contributed by atoms with Crippen LogP contribution in [0.3, 0.4) is 0 Å². The van der Waals surface area contributed by atoms with E-state index in [4.69, 9.17) is 9.72 Å². The van der Waals surface area contributed by atoms with Crippen LogP contribution in [0.2, 0.25) is 0 Å². The molecule has 41 heavy (non-hydrogen) atoms. The molecule has 3 heterocycles. The molecule has 2 aliphatic rings. The Balaban J connectivity index is 1.51. The molecule has 2 atom stereocenters. The summed E-state index contributed by atoms with van der Waals surface area (Å²) in [5.74, 6) is 0.834. The van der Waals surface area contributed by atoms with Gasteiger partial charge in [-0.3, -0.25) is 9.58 Å². The molecule has 0 bridgehead atoms. The van der Waals surface area contributed by atoms with Crippen LogP contribution in [0.4, 0.5) is 23.8 Å². The summed E-state index contributed by atoms with van der Waals surface area (Å²) in [4.78, 5) is 22.1. The van der Waals surface area contributed by atoms with E-state index in [0.717, 1.165) is 59.9 Å². The maximum absolute atomic E-state index is 13.6. The lowest BCUT2D eigenvalue weighted by atomic mass is 9.93. The lowest BCUT2D eigenvalue weighted by Gasteiger charge is -2.36. The molecule has 2 aromatic heterocycles. The molecule has 0 N–H and O–H groups in total. The molecule has 1 aromatic carbocycles. The summed E-state index contributed by atoms with van der Waals surface area (Å²) in [5, 5.41) is 4.48. The Morgan fingerprint density at radius 2 is 1.80 bits per heavy atom. The fourth-order valence-electron chi connectivity index (χ4n) is 6.36. The van der Waals surface area contributed by atoms with Gasteiger partial charge in [-0.25, -0.2) is 9.78 Å². The Kier molecular flexibility index (Phi) is 8.03. The van der Waals surface area contributed by atoms with Crippen molar-refractivity contribution in [3.63, 3.8) is 0 Å². The average Bonchev–Trinajstić information content (AvgIpc) is 3.41. The normalized spacial score (nSPS) is 20.0. The monoisotopic (exact) mass is 569 g/mol. The molecule has 1 saturated heterocycles. The van der Waals surface area contributed by atoms with Crippen LogP contribution >= 0.6 is 0 Å². The van der Waals surface area contributed by atoms with E-state index >= 15 is 0 Å². The third-order valence-corrected chi connectivity index (χ3v) is 8.36. The third kappa shape index (κ3) is 5.92. The van der Waals surface area contributed by atoms with Crippen molar-refractivity contribution in [2.45, 2.75) is 90.7 Å². The molecule has 7 nitrogen and oxygen atoms in total. The minimum atomic E-state index is -4.49. The van der Waals surface area contributed by atoms with Gasteiger partial charge in [-0.2, -0.15) is 18.3 Å². The van der Waals surface area contributed by atoms with Crippen molar-refractivity contribution in [1.82, 2.24) is 19.7 Å². The maximum atomic E-state index is 13.6. The lowest BCUT2D eigenvalue weighted by molar-refractivity contribution is -0.137. The van der Waals surface area contributed by atoms with Crippen molar-refractivity contribution in [1.29, 1.82) is 0 Å². The zero-order chi connectivity index (χ0) is 29.5. The molecule has 0 spiro atoms. The van der Waals surface area contributed by atoms with E-state index < -0.39 is 30.0 Å². The number of carbonyl (C=O) groups is 1. The number of pyridine rings is 1. The van der Waals surface area contributed by atoms with Crippen LogP contribution in [0.25, 0.3) is 11.3 Å². The van der Waals surface area contributed by atoms with Gasteiger partial charge in [-0.05, 0) is 70.4 Å². The first kappa shape index (κ1) is 29.0. The molecule has 3 aromatic rings. The van der Waals surface area contributed by atoms with E-state index in [0.29, 0.717) is 17.2 Å². The third-order valence-electron chi connectivity index (χ3n) is 8.36. The molecular formula is C31H38F3N5O2. The number of rotatable bonds is 7. The summed E-state index contributed by atoms with van der Waals surface area (Å²) in [6.45, 7) is 8.51. The van der Waals surface area contributed by atoms with Gasteiger partial charge in [-0.15, -0.1) is 0 Å². The second kappa shape index (κ2) is 11.4. The minimum absolute atomic E-state index is 0.227. The SMILES string of the molecule is CCN(c1ncc(-c2cc(C)nn2C)cc1CN1C(=O)O[C@H](c2cc(C)cc(C(F)(F)F)c2)[C@@H]1C)C1CCCCC1. The standard InChI is InChI=1S/C31H38F3N5O2/c1-6-38(26-10-8-7-9-11-26)29-24(15-23(17-35-29)27-14-20(3)36-37(27)5)18-39-21(4)28(41-30(39)40)22-12-19(2)13-25(16-22)31(32,33)34/h12-17,21,26,28H,6-11,18H2,1-5H3/t21-,28-/m0/s1. The topological polar surface area (TPSA) is 63.5 Å². The second-order valence-electron chi connectivity index (χ2n) is 11.4. The predicted molar refractivity (Wildman–Crippen MR) is 151 cm³/mol. The molecule has 1 saturated carbocycles. The smallest absolute Gasteiger partial charge is 0.416 e. The number of halogens is 3. The lowest BCUT2D eigenvalue weighted by Crippen LogP contribution is -2.39. The van der Waals surface area contributed by atoms with Crippen LogP contribution in [0.5, 0.6) is 0 Å². The van der Waals surface area contributed by atoms with Gasteiger partial charge in [0.1, 0.15) is 11.9 Å². The summed E-state index contributed by atoms with van der Waals surface area (Å²) >= 11 is 0. The zero-order valence-electron chi connectivity index (χ0n) is 24.3. The molecule has 2 fully saturated rings. The van der Waals surface area contributed by atoms with E-state index in [9.17, 15) is 18.0 Å². The molecule has 0 radical (unpaired) electrons. The molecule has 1 aliphatic heterocycles. The Morgan fingerprint density at radius 1 is 1.07 bits per heavy atom. The molecule has 0 unspecified atom stereocenters. The maximum Gasteiger partial charge on any atom is 0.416 e. The van der Waals surface area contributed by atoms with Crippen molar-refractivity contribution in [2.24, 2.45) is 7.05 Å². The molecule has 1 aliphatic carbocycles. The van der Waals surface area contributed by atoms with Crippen LogP contribution in [0, 0.1) is 13.8 Å². The number of cyclic esters (lactones) is 1. The molecule has 1 amide bonds. The summed E-state index contributed by atoms with van der Waals surface area (Å²) in [5.41, 5.74) is 3.63. The van der Waals surface area contributed by atoms with Gasteiger partial charge in [0, 0.05) is 37.0 Å². The molecular weight excluding hydrogens is 531 g/mol. The fourth-order valence-corrected chi connectivity index (χ4v) is 6.36. The summed E-state index contributed by atoms with van der Waals surface area (Å²) in [6, 6.07) is 7.80. The van der Waals surface area contributed by atoms with Gasteiger partial charge >= 0.3 is 12.3 Å². The van der Waals surface area contributed by atoms with Crippen molar-refractivity contribution >= 4 is 11.9 Å². The number of aromatic nitrogens is 3. The quantitative estimate of drug-likeness (QED) is 0.298. The van der Waals surface area contributed by atoms with Crippen LogP contribution < -0.4 is 4.90 Å². The summed E-state index contributed by atoms with van der Waals surface area (Å²) in [7, 11) is 1.89. The van der Waals surface area contributed by atoms with Crippen LogP contribution in [0.1, 0.15) is 80.0 Å². The van der Waals surface area contributed by atoms with Crippen molar-refractivity contribution in [2.75, 3.05) is 11.4 Å². The highest BCUT2D eigenvalue weighted by molar-refractivity contribution is 5.72. The van der Waals surface area contributed by atoms with Crippen LogP contribution in [-0.2, 0) is 24.5 Å². The Bertz CT molecular complexity index is 1410. The van der Waals surface area contributed by atoms with E-state index in [1.165, 1.54) is 19.3 Å². The average molecular weight is 570 g/mol. The molecule has 10 heteroatoms. The van der Waals surface area contributed by atoms with Crippen molar-refractivity contribution < 1.29 is 22.7 Å². The van der Waals surface area contributed by atoms with E-state index in [-0.39, 0.29) is 6.54 Å². The number of ether oxygens (including phenoxy) is 1. The highest BCUT2D eigenvalue weighted by atomic mass is 19.4. The van der Waals surface area contributed by atoms with Gasteiger partial charge < -0.3 is 9.64 Å². The number of aryl methyl sites for hydroxylation is 3. The first-order valence-corrected chi connectivity index (χ1v) is 14.4. The summed E-state index contributed by atoms with van der Waals surface area (Å²) < 4.78 is 48.2. The Morgan fingerprint density at radius 3 is 2.44 bits per heavy atom. The number of hydrogen-bond donors (Lipinski definition) is 0. The number of anilines is 1. The number of carbonyl (C=O) groups excluding carboxylic acids is 1. The first-order chi connectivity index (χ1) is 19.5. The van der Waals surface area contributed by atoms with Gasteiger partial charge in [0.15, 0.2) is 0 Å². The zero-order valence-corrected chi connectivity index (χ0v) is 24.3. The van der Waals surface area contributed by atoms with E-state index in [1.54, 1.807) is 17.9 Å². The fraction of sp³-hybridized carbons (Fsp3) is 0.516. The highest BCUT2D eigenvalue weighted by Gasteiger charge is 2.41. The Labute approximate surface area is 239 Å². The van der Waals surface area contributed by atoms with Crippen molar-refractivity contribution in [3.05, 3.63) is 64.5 Å². The Hall–Kier alpha value is -3.56. The van der Waals surface area contributed by atoms with Gasteiger partial charge in [0.05, 0.1) is 29.5 Å². The van der Waals surface area contributed by atoms with Gasteiger partial charge in [0.2, 0.25) is 0 Å². The van der Waals surface area contributed by atoms with Crippen LogP contribution in [0.15, 0.2) is 36.5 Å². The van der Waals surface area contributed by atoms with E-state index in [2.05, 4.69) is 23.0 Å². The predicted octanol–water partition coefficient (Wildman–Crippen LogP) is 7.36. The molecule has 5 rings (SSSR count). The van der Waals surface area contributed by atoms with Gasteiger partial charge in [-0.1, -0.05) is 30.9 Å². The van der Waals surface area contributed by atoms with Crippen LogP contribution in [-0.4, -0.2) is 44.4 Å². The second-order valence-corrected chi connectivity index (χ2v) is 11.4. The number of amides is 1. The minimum Gasteiger partial charge on any atom is -0.439 e. The summed E-state index contributed by atoms with van der Waals surface area (Å²) in [6.07, 6.45) is 1.79. The highest BCUT2D eigenvalue weighted by Crippen LogP contribution is 2.39. The number of alkyl halides is 3. The molecule has 220 valence electrons. The van der Waals surface area contributed by atoms with Crippen molar-refractivity contribution in [3.8, 4) is 11.3 Å². The number of nitrogens with zero attached hydrogens (tertiary/aromatic N) is 5. The van der Waals surface area contributed by atoms with E-state index in [1.807, 2.05) is 37.8 Å². The number of hydrogen-bond acceptors (Lipinski definition) is 5. The number of benzene rings is 1.